The van der Waals surface area contributed by atoms with E-state index >= 15 is 0 Å². The van der Waals surface area contributed by atoms with Gasteiger partial charge in [-0.3, -0.25) is 4.79 Å². The molecule has 3 aromatic rings. The van der Waals surface area contributed by atoms with Crippen LogP contribution in [0.3, 0.4) is 0 Å². The highest BCUT2D eigenvalue weighted by molar-refractivity contribution is 5.81. The lowest BCUT2D eigenvalue weighted by Crippen LogP contribution is -2.40. The Labute approximate surface area is 251 Å². The Hall–Kier alpha value is -4.58. The number of piperidine rings is 1. The molecule has 222 valence electrons. The number of hydrogen-bond donors (Lipinski definition) is 1. The Balaban J connectivity index is 1.21. The fourth-order valence-electron chi connectivity index (χ4n) is 6.34. The minimum atomic E-state index is -0.715. The van der Waals surface area contributed by atoms with E-state index in [1.807, 2.05) is 70.2 Å². The van der Waals surface area contributed by atoms with Gasteiger partial charge in [-0.2, -0.15) is 5.26 Å². The number of para-hydroxylation sites is 1. The number of ether oxygens (including phenoxy) is 2. The van der Waals surface area contributed by atoms with Crippen LogP contribution in [-0.4, -0.2) is 52.3 Å². The third-order valence-electron chi connectivity index (χ3n) is 8.68. The van der Waals surface area contributed by atoms with Crippen molar-refractivity contribution < 1.29 is 24.2 Å². The summed E-state index contributed by atoms with van der Waals surface area (Å²) in [6.07, 6.45) is 0.999. The number of aromatic nitrogens is 1. The Morgan fingerprint density at radius 3 is 2.70 bits per heavy atom. The molecule has 9 heteroatoms. The van der Waals surface area contributed by atoms with Crippen LogP contribution >= 0.6 is 0 Å². The van der Waals surface area contributed by atoms with Crippen molar-refractivity contribution in [3.05, 3.63) is 76.3 Å². The van der Waals surface area contributed by atoms with E-state index in [2.05, 4.69) is 17.0 Å². The van der Waals surface area contributed by atoms with E-state index in [0.717, 1.165) is 45.7 Å². The maximum atomic E-state index is 12.7. The number of aliphatic carboxylic acids is 1. The topological polar surface area (TPSA) is 116 Å². The molecule has 2 aliphatic heterocycles. The van der Waals surface area contributed by atoms with Gasteiger partial charge < -0.3 is 24.4 Å². The van der Waals surface area contributed by atoms with Gasteiger partial charge >= 0.3 is 12.1 Å². The molecule has 3 aliphatic rings. The summed E-state index contributed by atoms with van der Waals surface area (Å²) in [5, 5.41) is 19.7. The van der Waals surface area contributed by atoms with Crippen LogP contribution in [0.5, 0.6) is 5.75 Å². The second-order valence-corrected chi connectivity index (χ2v) is 12.9. The summed E-state index contributed by atoms with van der Waals surface area (Å²) >= 11 is 0. The second-order valence-electron chi connectivity index (χ2n) is 12.9. The lowest BCUT2D eigenvalue weighted by atomic mass is 9.93. The van der Waals surface area contributed by atoms with Crippen LogP contribution in [0.2, 0.25) is 0 Å². The van der Waals surface area contributed by atoms with Crippen LogP contribution in [0.25, 0.3) is 11.3 Å². The first kappa shape index (κ1) is 28.5. The number of hydrogen-bond acceptors (Lipinski definition) is 7. The molecule has 9 nitrogen and oxygen atoms in total. The maximum absolute atomic E-state index is 12.7. The molecular formula is C34H36N4O5. The summed E-state index contributed by atoms with van der Waals surface area (Å²) in [7, 11) is 0. The SMILES string of the molecule is Cc1cccc(-c2cccc(N3C[C@@H]4C[C@]4(C(=O)O)C3)n2)c1OCc1cc(C#N)c2c(c1)CCN(C(=O)OC(C)(C)C)C2. The monoisotopic (exact) mass is 580 g/mol. The Kier molecular flexibility index (Phi) is 7.04. The van der Waals surface area contributed by atoms with E-state index in [9.17, 15) is 20.0 Å². The average Bonchev–Trinajstić information content (AvgIpc) is 3.55. The molecule has 1 saturated carbocycles. The molecule has 2 atom stereocenters. The number of nitriles is 1. The fourth-order valence-corrected chi connectivity index (χ4v) is 6.34. The smallest absolute Gasteiger partial charge is 0.410 e. The van der Waals surface area contributed by atoms with Crippen molar-refractivity contribution >= 4 is 17.9 Å². The first-order valence-electron chi connectivity index (χ1n) is 14.7. The number of pyridine rings is 1. The van der Waals surface area contributed by atoms with Gasteiger partial charge in [-0.05, 0) is 93.0 Å². The zero-order valence-corrected chi connectivity index (χ0v) is 25.0. The van der Waals surface area contributed by atoms with Gasteiger partial charge in [0, 0.05) is 25.2 Å². The maximum Gasteiger partial charge on any atom is 0.410 e. The van der Waals surface area contributed by atoms with Crippen LogP contribution < -0.4 is 9.64 Å². The number of benzene rings is 2. The minimum absolute atomic E-state index is 0.184. The summed E-state index contributed by atoms with van der Waals surface area (Å²) in [6, 6.07) is 18.0. The second kappa shape index (κ2) is 10.6. The number of aryl methyl sites for hydroxylation is 1. The zero-order chi connectivity index (χ0) is 30.5. The quantitative estimate of drug-likeness (QED) is 0.394. The molecule has 2 aromatic carbocycles. The number of fused-ring (bicyclic) bond motifs is 2. The van der Waals surface area contributed by atoms with Crippen LogP contribution in [0.4, 0.5) is 10.6 Å². The minimum Gasteiger partial charge on any atom is -0.488 e. The number of rotatable bonds is 6. The molecule has 1 saturated heterocycles. The van der Waals surface area contributed by atoms with Crippen LogP contribution in [-0.2, 0) is 29.1 Å². The van der Waals surface area contributed by atoms with Crippen LogP contribution in [0.15, 0.2) is 48.5 Å². The van der Waals surface area contributed by atoms with E-state index in [4.69, 9.17) is 14.5 Å². The molecule has 1 amide bonds. The van der Waals surface area contributed by atoms with E-state index in [0.29, 0.717) is 43.9 Å². The number of carbonyl (C=O) groups excluding carboxylic acids is 1. The summed E-state index contributed by atoms with van der Waals surface area (Å²) < 4.78 is 12.0. The number of carboxylic acids is 1. The van der Waals surface area contributed by atoms with Gasteiger partial charge in [0.1, 0.15) is 23.8 Å². The van der Waals surface area contributed by atoms with Gasteiger partial charge in [-0.25, -0.2) is 9.78 Å². The third-order valence-corrected chi connectivity index (χ3v) is 8.68. The van der Waals surface area contributed by atoms with Crippen molar-refractivity contribution in [2.24, 2.45) is 11.3 Å². The number of anilines is 1. The predicted molar refractivity (Wildman–Crippen MR) is 161 cm³/mol. The van der Waals surface area contributed by atoms with Crippen molar-refractivity contribution in [1.29, 1.82) is 5.26 Å². The van der Waals surface area contributed by atoms with Crippen molar-refractivity contribution in [3.63, 3.8) is 0 Å². The van der Waals surface area contributed by atoms with Crippen molar-refractivity contribution in [2.75, 3.05) is 24.5 Å². The molecule has 6 rings (SSSR count). The van der Waals surface area contributed by atoms with Crippen LogP contribution in [0.1, 0.15) is 55.0 Å². The number of amides is 1. The fraction of sp³-hybridized carbons (Fsp3) is 0.412. The van der Waals surface area contributed by atoms with Gasteiger partial charge in [0.2, 0.25) is 0 Å². The predicted octanol–water partition coefficient (Wildman–Crippen LogP) is 5.71. The molecule has 0 bridgehead atoms. The molecular weight excluding hydrogens is 544 g/mol. The standard InChI is InChI=1S/C34H36N4O5/c1-21-7-5-8-26(28-9-6-10-29(36-28)38-17-25-15-34(25,20-38)31(39)40)30(21)42-19-22-13-23-11-12-37(32(41)43-33(2,3)4)18-27(23)24(14-22)16-35/h5-10,13-14,25H,11-12,15,17-20H2,1-4H3,(H,39,40)/t25-,34-/m0/s1. The third kappa shape index (κ3) is 5.50. The van der Waals surface area contributed by atoms with E-state index in [-0.39, 0.29) is 18.6 Å². The normalized spacial score (nSPS) is 20.6. The zero-order valence-electron chi connectivity index (χ0n) is 25.0. The first-order valence-corrected chi connectivity index (χ1v) is 14.7. The number of nitrogens with zero attached hydrogens (tertiary/aromatic N) is 4. The highest BCUT2D eigenvalue weighted by atomic mass is 16.6. The average molecular weight is 581 g/mol. The molecule has 2 fully saturated rings. The van der Waals surface area contributed by atoms with Crippen molar-refractivity contribution in [2.45, 2.75) is 59.3 Å². The Morgan fingerprint density at radius 1 is 1.19 bits per heavy atom. The Bertz CT molecular complexity index is 1660. The first-order chi connectivity index (χ1) is 20.5. The van der Waals surface area contributed by atoms with E-state index < -0.39 is 17.0 Å². The van der Waals surface area contributed by atoms with Crippen molar-refractivity contribution in [1.82, 2.24) is 9.88 Å². The summed E-state index contributed by atoms with van der Waals surface area (Å²) in [5.74, 6) is 0.952. The van der Waals surface area contributed by atoms with E-state index in [1.54, 1.807) is 4.90 Å². The van der Waals surface area contributed by atoms with Crippen molar-refractivity contribution in [3.8, 4) is 23.1 Å². The molecule has 1 N–H and O–H groups in total. The highest BCUT2D eigenvalue weighted by Crippen LogP contribution is 2.58. The van der Waals surface area contributed by atoms with Gasteiger partial charge in [-0.1, -0.05) is 24.3 Å². The largest absolute Gasteiger partial charge is 0.488 e. The lowest BCUT2D eigenvalue weighted by Gasteiger charge is -2.32. The highest BCUT2D eigenvalue weighted by Gasteiger charge is 2.65. The number of carbonyl (C=O) groups is 2. The van der Waals surface area contributed by atoms with E-state index in [1.165, 1.54) is 0 Å². The molecule has 0 spiro atoms. The summed E-state index contributed by atoms with van der Waals surface area (Å²) in [4.78, 5) is 33.1. The van der Waals surface area contributed by atoms with Gasteiger partial charge in [0.05, 0.1) is 29.3 Å². The molecule has 1 aliphatic carbocycles. The lowest BCUT2D eigenvalue weighted by molar-refractivity contribution is -0.143. The van der Waals surface area contributed by atoms with Gasteiger partial charge in [-0.15, -0.1) is 0 Å². The van der Waals surface area contributed by atoms with Crippen LogP contribution in [0, 0.1) is 29.6 Å². The summed E-state index contributed by atoms with van der Waals surface area (Å²) in [6.45, 7) is 9.83. The molecule has 0 unspecified atom stereocenters. The molecule has 3 heterocycles. The number of carboxylic acid groups (broad SMARTS) is 1. The molecule has 0 radical (unpaired) electrons. The van der Waals surface area contributed by atoms with Gasteiger partial charge in [0.15, 0.2) is 0 Å². The van der Waals surface area contributed by atoms with Gasteiger partial charge in [0.25, 0.3) is 0 Å². The summed E-state index contributed by atoms with van der Waals surface area (Å²) in [5.41, 5.74) is 4.67. The molecule has 1 aromatic heterocycles. The Morgan fingerprint density at radius 2 is 1.98 bits per heavy atom. The molecule has 43 heavy (non-hydrogen) atoms.